The van der Waals surface area contributed by atoms with E-state index in [4.69, 9.17) is 0 Å². The fraction of sp³-hybridized carbons (Fsp3) is 0.350. The predicted molar refractivity (Wildman–Crippen MR) is 95.9 cm³/mol. The van der Waals surface area contributed by atoms with Crippen molar-refractivity contribution in [3.8, 4) is 0 Å². The quantitative estimate of drug-likeness (QED) is 0.888. The Morgan fingerprint density at radius 2 is 2.00 bits per heavy atom. The van der Waals surface area contributed by atoms with Crippen LogP contribution in [-0.4, -0.2) is 35.6 Å². The lowest BCUT2D eigenvalue weighted by atomic mass is 9.98. The van der Waals surface area contributed by atoms with E-state index in [0.29, 0.717) is 11.5 Å². The summed E-state index contributed by atoms with van der Waals surface area (Å²) in [5, 5.41) is 12.3. The summed E-state index contributed by atoms with van der Waals surface area (Å²) in [5.41, 5.74) is 2.61. The summed E-state index contributed by atoms with van der Waals surface area (Å²) in [6.45, 7) is 3.06. The van der Waals surface area contributed by atoms with Crippen molar-refractivity contribution < 1.29 is 9.90 Å². The lowest BCUT2D eigenvalue weighted by molar-refractivity contribution is 0.102. The van der Waals surface area contributed by atoms with E-state index in [1.54, 1.807) is 0 Å². The van der Waals surface area contributed by atoms with E-state index in [2.05, 4.69) is 16.3 Å². The second kappa shape index (κ2) is 8.08. The Morgan fingerprint density at radius 1 is 1.17 bits per heavy atom. The standard InChI is InChI=1S/C20H24N2O2/c23-15-17-7-5-11-22(14-17)13-16-6-4-8-18(12-16)20(24)21-19-9-2-1-3-10-19/h1-4,6,8-10,12,17,23H,5,7,11,13-15H2,(H,21,24)/t17-/m1/s1. The fourth-order valence-electron chi connectivity index (χ4n) is 3.24. The Balaban J connectivity index is 1.64. The van der Waals surface area contributed by atoms with Crippen LogP contribution in [0, 0.1) is 5.92 Å². The third-order valence-corrected chi connectivity index (χ3v) is 4.49. The van der Waals surface area contributed by atoms with Crippen LogP contribution in [0.2, 0.25) is 0 Å². The van der Waals surface area contributed by atoms with Crippen molar-refractivity contribution in [2.75, 3.05) is 25.0 Å². The Kier molecular flexibility index (Phi) is 5.62. The SMILES string of the molecule is O=C(Nc1ccccc1)c1cccc(CN2CCC[C@@H](CO)C2)c1. The predicted octanol–water partition coefficient (Wildman–Crippen LogP) is 3.14. The molecule has 4 nitrogen and oxygen atoms in total. The lowest BCUT2D eigenvalue weighted by Gasteiger charge is -2.31. The van der Waals surface area contributed by atoms with Crippen LogP contribution in [0.4, 0.5) is 5.69 Å². The molecule has 126 valence electrons. The largest absolute Gasteiger partial charge is 0.396 e. The zero-order chi connectivity index (χ0) is 16.8. The molecule has 2 N–H and O–H groups in total. The lowest BCUT2D eigenvalue weighted by Crippen LogP contribution is -2.36. The Labute approximate surface area is 143 Å². The Hall–Kier alpha value is -2.17. The van der Waals surface area contributed by atoms with Gasteiger partial charge in [-0.05, 0) is 55.1 Å². The summed E-state index contributed by atoms with van der Waals surface area (Å²) in [7, 11) is 0. The van der Waals surface area contributed by atoms with Gasteiger partial charge in [0, 0.05) is 30.9 Å². The first-order valence-electron chi connectivity index (χ1n) is 8.53. The van der Waals surface area contributed by atoms with Crippen molar-refractivity contribution in [1.82, 2.24) is 4.90 Å². The molecule has 1 heterocycles. The summed E-state index contributed by atoms with van der Waals surface area (Å²) < 4.78 is 0. The number of nitrogens with one attached hydrogen (secondary N) is 1. The number of carbonyl (C=O) groups is 1. The molecule has 0 aliphatic carbocycles. The number of rotatable bonds is 5. The van der Waals surface area contributed by atoms with Crippen LogP contribution in [0.25, 0.3) is 0 Å². The second-order valence-corrected chi connectivity index (χ2v) is 6.45. The van der Waals surface area contributed by atoms with Gasteiger partial charge in [-0.2, -0.15) is 0 Å². The summed E-state index contributed by atoms with van der Waals surface area (Å²) >= 11 is 0. The number of likely N-dealkylation sites (tertiary alicyclic amines) is 1. The van der Waals surface area contributed by atoms with E-state index >= 15 is 0 Å². The number of para-hydroxylation sites is 1. The molecule has 1 fully saturated rings. The van der Waals surface area contributed by atoms with E-state index in [1.807, 2.05) is 48.5 Å². The number of aliphatic hydroxyl groups is 1. The third-order valence-electron chi connectivity index (χ3n) is 4.49. The van der Waals surface area contributed by atoms with E-state index < -0.39 is 0 Å². The molecule has 0 aromatic heterocycles. The molecule has 1 saturated heterocycles. The normalized spacial score (nSPS) is 18.3. The van der Waals surface area contributed by atoms with Gasteiger partial charge in [0.25, 0.3) is 5.91 Å². The molecule has 0 radical (unpaired) electrons. The maximum atomic E-state index is 12.4. The van der Waals surface area contributed by atoms with Gasteiger partial charge in [-0.15, -0.1) is 0 Å². The number of carbonyl (C=O) groups excluding carboxylic acids is 1. The maximum absolute atomic E-state index is 12.4. The molecule has 3 rings (SSSR count). The Bertz CT molecular complexity index is 672. The average molecular weight is 324 g/mol. The highest BCUT2D eigenvalue weighted by Gasteiger charge is 2.19. The minimum absolute atomic E-state index is 0.0880. The molecule has 2 aromatic carbocycles. The highest BCUT2D eigenvalue weighted by molar-refractivity contribution is 6.04. The van der Waals surface area contributed by atoms with Crippen LogP contribution in [0.5, 0.6) is 0 Å². The van der Waals surface area contributed by atoms with Gasteiger partial charge in [-0.3, -0.25) is 9.69 Å². The minimum Gasteiger partial charge on any atom is -0.396 e. The number of anilines is 1. The monoisotopic (exact) mass is 324 g/mol. The van der Waals surface area contributed by atoms with Gasteiger partial charge in [-0.1, -0.05) is 30.3 Å². The average Bonchev–Trinajstić information content (AvgIpc) is 2.63. The van der Waals surface area contributed by atoms with Crippen molar-refractivity contribution in [3.05, 3.63) is 65.7 Å². The van der Waals surface area contributed by atoms with Gasteiger partial charge in [-0.25, -0.2) is 0 Å². The number of hydrogen-bond donors (Lipinski definition) is 2. The van der Waals surface area contributed by atoms with Gasteiger partial charge in [0.2, 0.25) is 0 Å². The second-order valence-electron chi connectivity index (χ2n) is 6.45. The first-order chi connectivity index (χ1) is 11.7. The number of piperidine rings is 1. The molecule has 4 heteroatoms. The number of benzene rings is 2. The zero-order valence-electron chi connectivity index (χ0n) is 13.8. The number of amides is 1. The highest BCUT2D eigenvalue weighted by Crippen LogP contribution is 2.19. The number of aliphatic hydroxyl groups excluding tert-OH is 1. The molecule has 0 unspecified atom stereocenters. The smallest absolute Gasteiger partial charge is 0.255 e. The van der Waals surface area contributed by atoms with Crippen molar-refractivity contribution >= 4 is 11.6 Å². The fourth-order valence-corrected chi connectivity index (χ4v) is 3.24. The molecule has 1 amide bonds. The number of hydrogen-bond acceptors (Lipinski definition) is 3. The minimum atomic E-state index is -0.0880. The highest BCUT2D eigenvalue weighted by atomic mass is 16.3. The van der Waals surface area contributed by atoms with E-state index in [0.717, 1.165) is 43.7 Å². The molecule has 0 spiro atoms. The maximum Gasteiger partial charge on any atom is 0.255 e. The van der Waals surface area contributed by atoms with Crippen molar-refractivity contribution in [3.63, 3.8) is 0 Å². The van der Waals surface area contributed by atoms with Crippen molar-refractivity contribution in [2.45, 2.75) is 19.4 Å². The van der Waals surface area contributed by atoms with Gasteiger partial charge in [0.15, 0.2) is 0 Å². The van der Waals surface area contributed by atoms with Crippen LogP contribution in [0.3, 0.4) is 0 Å². The molecule has 0 bridgehead atoms. The van der Waals surface area contributed by atoms with E-state index in [9.17, 15) is 9.90 Å². The van der Waals surface area contributed by atoms with Crippen molar-refractivity contribution in [1.29, 1.82) is 0 Å². The molecule has 1 aliphatic heterocycles. The molecule has 24 heavy (non-hydrogen) atoms. The van der Waals surface area contributed by atoms with Gasteiger partial charge in [0.1, 0.15) is 0 Å². The van der Waals surface area contributed by atoms with Crippen LogP contribution in [-0.2, 0) is 6.54 Å². The zero-order valence-corrected chi connectivity index (χ0v) is 13.8. The van der Waals surface area contributed by atoms with Crippen LogP contribution >= 0.6 is 0 Å². The van der Waals surface area contributed by atoms with E-state index in [-0.39, 0.29) is 12.5 Å². The first-order valence-corrected chi connectivity index (χ1v) is 8.53. The van der Waals surface area contributed by atoms with Gasteiger partial charge < -0.3 is 10.4 Å². The first kappa shape index (κ1) is 16.7. The Morgan fingerprint density at radius 3 is 2.79 bits per heavy atom. The molecular formula is C20H24N2O2. The molecule has 1 atom stereocenters. The summed E-state index contributed by atoms with van der Waals surface area (Å²) in [5.74, 6) is 0.290. The van der Waals surface area contributed by atoms with Gasteiger partial charge >= 0.3 is 0 Å². The number of nitrogens with zero attached hydrogens (tertiary/aromatic N) is 1. The molecule has 2 aromatic rings. The van der Waals surface area contributed by atoms with Crippen molar-refractivity contribution in [2.24, 2.45) is 5.92 Å². The van der Waals surface area contributed by atoms with Gasteiger partial charge in [0.05, 0.1) is 0 Å². The van der Waals surface area contributed by atoms with E-state index in [1.165, 1.54) is 0 Å². The topological polar surface area (TPSA) is 52.6 Å². The van der Waals surface area contributed by atoms with Crippen LogP contribution in [0.1, 0.15) is 28.8 Å². The molecule has 1 aliphatic rings. The molecule has 0 saturated carbocycles. The molecular weight excluding hydrogens is 300 g/mol. The van der Waals surface area contributed by atoms with Crippen LogP contribution in [0.15, 0.2) is 54.6 Å². The summed E-state index contributed by atoms with van der Waals surface area (Å²) in [4.78, 5) is 14.8. The summed E-state index contributed by atoms with van der Waals surface area (Å²) in [6.07, 6.45) is 2.23. The van der Waals surface area contributed by atoms with Crippen LogP contribution < -0.4 is 5.32 Å². The summed E-state index contributed by atoms with van der Waals surface area (Å²) in [6, 6.07) is 17.3. The third kappa shape index (κ3) is 4.43.